The van der Waals surface area contributed by atoms with Crippen molar-refractivity contribution in [1.82, 2.24) is 4.90 Å². The third-order valence-corrected chi connectivity index (χ3v) is 4.59. The molecule has 1 aromatic heterocycles. The van der Waals surface area contributed by atoms with Crippen molar-refractivity contribution < 1.29 is 4.79 Å². The topological polar surface area (TPSA) is 20.3 Å². The van der Waals surface area contributed by atoms with E-state index in [1.54, 1.807) is 11.3 Å². The lowest BCUT2D eigenvalue weighted by molar-refractivity contribution is 0.0785. The maximum atomic E-state index is 12.1. The molecule has 1 fully saturated rings. The molecule has 15 heavy (non-hydrogen) atoms. The first-order valence-corrected chi connectivity index (χ1v) is 6.78. The minimum atomic E-state index is 0.174. The Hall–Kier alpha value is -0.350. The number of hydrogen-bond acceptors (Lipinski definition) is 2. The number of likely N-dealkylation sites (tertiary alicyclic amines) is 1. The molecule has 0 aromatic carbocycles. The standard InChI is InChI=1S/C11H14BrNOS/c1-7-4-13(5-8(7)2)11(14)9-3-10(12)15-6-9/h3,6-8H,4-5H2,1-2H3. The maximum Gasteiger partial charge on any atom is 0.254 e. The molecule has 0 radical (unpaired) electrons. The van der Waals surface area contributed by atoms with Crippen LogP contribution >= 0.6 is 27.3 Å². The highest BCUT2D eigenvalue weighted by atomic mass is 79.9. The van der Waals surface area contributed by atoms with Crippen molar-refractivity contribution in [3.63, 3.8) is 0 Å². The first-order chi connectivity index (χ1) is 7.08. The molecule has 0 saturated carbocycles. The fraction of sp³-hybridized carbons (Fsp3) is 0.545. The summed E-state index contributed by atoms with van der Waals surface area (Å²) in [5, 5.41) is 1.92. The van der Waals surface area contributed by atoms with E-state index in [1.807, 2.05) is 16.3 Å². The van der Waals surface area contributed by atoms with Crippen LogP contribution < -0.4 is 0 Å². The monoisotopic (exact) mass is 287 g/mol. The van der Waals surface area contributed by atoms with Gasteiger partial charge >= 0.3 is 0 Å². The van der Waals surface area contributed by atoms with Crippen LogP contribution in [-0.2, 0) is 0 Å². The average molecular weight is 288 g/mol. The van der Waals surface area contributed by atoms with Gasteiger partial charge in [0.1, 0.15) is 0 Å². The zero-order chi connectivity index (χ0) is 11.0. The summed E-state index contributed by atoms with van der Waals surface area (Å²) < 4.78 is 1.02. The number of hydrogen-bond donors (Lipinski definition) is 0. The molecule has 0 bridgehead atoms. The van der Waals surface area contributed by atoms with Crippen molar-refractivity contribution in [3.8, 4) is 0 Å². The van der Waals surface area contributed by atoms with Crippen molar-refractivity contribution in [1.29, 1.82) is 0 Å². The zero-order valence-corrected chi connectivity index (χ0v) is 11.3. The molecule has 1 aliphatic heterocycles. The van der Waals surface area contributed by atoms with Gasteiger partial charge in [-0.2, -0.15) is 0 Å². The summed E-state index contributed by atoms with van der Waals surface area (Å²) in [6, 6.07) is 1.90. The highest BCUT2D eigenvalue weighted by Crippen LogP contribution is 2.26. The number of carbonyl (C=O) groups excluding carboxylic acids is 1. The van der Waals surface area contributed by atoms with E-state index >= 15 is 0 Å². The van der Waals surface area contributed by atoms with Crippen molar-refractivity contribution in [2.75, 3.05) is 13.1 Å². The van der Waals surface area contributed by atoms with Gasteiger partial charge in [0.2, 0.25) is 0 Å². The van der Waals surface area contributed by atoms with E-state index < -0.39 is 0 Å². The molecule has 1 amide bonds. The Morgan fingerprint density at radius 1 is 1.47 bits per heavy atom. The number of halogens is 1. The largest absolute Gasteiger partial charge is 0.338 e. The fourth-order valence-corrected chi connectivity index (χ4v) is 3.03. The lowest BCUT2D eigenvalue weighted by atomic mass is 10.0. The van der Waals surface area contributed by atoms with Crippen LogP contribution in [0.1, 0.15) is 24.2 Å². The van der Waals surface area contributed by atoms with Gasteiger partial charge in [-0.25, -0.2) is 0 Å². The second kappa shape index (κ2) is 4.26. The Morgan fingerprint density at radius 2 is 2.07 bits per heavy atom. The quantitative estimate of drug-likeness (QED) is 0.777. The summed E-state index contributed by atoms with van der Waals surface area (Å²) >= 11 is 4.94. The van der Waals surface area contributed by atoms with E-state index in [1.165, 1.54) is 0 Å². The molecule has 2 heterocycles. The number of rotatable bonds is 1. The number of carbonyl (C=O) groups is 1. The molecule has 0 spiro atoms. The van der Waals surface area contributed by atoms with Gasteiger partial charge in [-0.15, -0.1) is 11.3 Å². The summed E-state index contributed by atoms with van der Waals surface area (Å²) in [5.41, 5.74) is 0.813. The normalized spacial score (nSPS) is 25.9. The van der Waals surface area contributed by atoms with E-state index in [4.69, 9.17) is 0 Å². The molecule has 1 aliphatic rings. The van der Waals surface area contributed by atoms with Gasteiger partial charge in [0.15, 0.2) is 0 Å². The molecule has 82 valence electrons. The summed E-state index contributed by atoms with van der Waals surface area (Å²) in [6.07, 6.45) is 0. The SMILES string of the molecule is CC1CN(C(=O)c2csc(Br)c2)CC1C. The van der Waals surface area contributed by atoms with Crippen molar-refractivity contribution in [2.24, 2.45) is 11.8 Å². The molecular formula is C11H14BrNOS. The number of nitrogens with zero attached hydrogens (tertiary/aromatic N) is 1. The second-order valence-electron chi connectivity index (χ2n) is 4.30. The Morgan fingerprint density at radius 3 is 2.53 bits per heavy atom. The minimum Gasteiger partial charge on any atom is -0.338 e. The lowest BCUT2D eigenvalue weighted by Crippen LogP contribution is -2.28. The smallest absolute Gasteiger partial charge is 0.254 e. The first-order valence-electron chi connectivity index (χ1n) is 5.11. The molecule has 2 rings (SSSR count). The predicted molar refractivity (Wildman–Crippen MR) is 66.3 cm³/mol. The van der Waals surface area contributed by atoms with E-state index in [9.17, 15) is 4.79 Å². The lowest BCUT2D eigenvalue weighted by Gasteiger charge is -2.14. The molecule has 1 saturated heterocycles. The molecule has 0 aliphatic carbocycles. The van der Waals surface area contributed by atoms with E-state index in [0.29, 0.717) is 11.8 Å². The molecular weight excluding hydrogens is 274 g/mol. The van der Waals surface area contributed by atoms with E-state index in [2.05, 4.69) is 29.8 Å². The number of amides is 1. The van der Waals surface area contributed by atoms with Crippen LogP contribution in [0.3, 0.4) is 0 Å². The molecule has 2 atom stereocenters. The molecule has 2 nitrogen and oxygen atoms in total. The average Bonchev–Trinajstić information content (AvgIpc) is 2.74. The highest BCUT2D eigenvalue weighted by molar-refractivity contribution is 9.11. The second-order valence-corrected chi connectivity index (χ2v) is 6.59. The van der Waals surface area contributed by atoms with Crippen molar-refractivity contribution >= 4 is 33.2 Å². The van der Waals surface area contributed by atoms with Gasteiger partial charge in [0, 0.05) is 18.5 Å². The maximum absolute atomic E-state index is 12.1. The predicted octanol–water partition coefficient (Wildman–Crippen LogP) is 3.24. The number of thiophene rings is 1. The van der Waals surface area contributed by atoms with Crippen molar-refractivity contribution in [3.05, 3.63) is 20.8 Å². The van der Waals surface area contributed by atoms with Gasteiger partial charge in [-0.3, -0.25) is 4.79 Å². The van der Waals surface area contributed by atoms with Crippen LogP contribution in [0, 0.1) is 11.8 Å². The third-order valence-electron chi connectivity index (χ3n) is 3.09. The molecule has 4 heteroatoms. The fourth-order valence-electron chi connectivity index (χ4n) is 1.90. The zero-order valence-electron chi connectivity index (χ0n) is 8.87. The van der Waals surface area contributed by atoms with Gasteiger partial charge in [0.25, 0.3) is 5.91 Å². The first kappa shape index (κ1) is 11.1. The third kappa shape index (κ3) is 2.26. The molecule has 2 unspecified atom stereocenters. The van der Waals surface area contributed by atoms with E-state index in [-0.39, 0.29) is 5.91 Å². The van der Waals surface area contributed by atoms with Crippen LogP contribution in [0.25, 0.3) is 0 Å². The Balaban J connectivity index is 2.10. The van der Waals surface area contributed by atoms with Crippen LogP contribution in [0.15, 0.2) is 15.2 Å². The van der Waals surface area contributed by atoms with Crippen LogP contribution in [0.4, 0.5) is 0 Å². The van der Waals surface area contributed by atoms with Crippen LogP contribution in [0.5, 0.6) is 0 Å². The van der Waals surface area contributed by atoms with Crippen LogP contribution in [-0.4, -0.2) is 23.9 Å². The summed E-state index contributed by atoms with van der Waals surface area (Å²) in [6.45, 7) is 6.21. The summed E-state index contributed by atoms with van der Waals surface area (Å²) in [4.78, 5) is 14.0. The summed E-state index contributed by atoms with van der Waals surface area (Å²) in [5.74, 6) is 1.42. The molecule has 0 N–H and O–H groups in total. The van der Waals surface area contributed by atoms with Gasteiger partial charge in [-0.1, -0.05) is 13.8 Å². The highest BCUT2D eigenvalue weighted by Gasteiger charge is 2.30. The Bertz CT molecular complexity index is 366. The van der Waals surface area contributed by atoms with Crippen LogP contribution in [0.2, 0.25) is 0 Å². The van der Waals surface area contributed by atoms with Crippen molar-refractivity contribution in [2.45, 2.75) is 13.8 Å². The Labute approximate surface area is 102 Å². The minimum absolute atomic E-state index is 0.174. The van der Waals surface area contributed by atoms with E-state index in [0.717, 1.165) is 22.4 Å². The summed E-state index contributed by atoms with van der Waals surface area (Å²) in [7, 11) is 0. The van der Waals surface area contributed by atoms with Gasteiger partial charge in [0.05, 0.1) is 9.35 Å². The van der Waals surface area contributed by atoms with Gasteiger partial charge < -0.3 is 4.90 Å². The Kier molecular flexibility index (Phi) is 3.16. The van der Waals surface area contributed by atoms with Gasteiger partial charge in [-0.05, 0) is 33.8 Å². The molecule has 1 aromatic rings.